The lowest BCUT2D eigenvalue weighted by Gasteiger charge is -2.12. The van der Waals surface area contributed by atoms with Crippen LogP contribution in [0.1, 0.15) is 31.9 Å². The molecule has 6 nitrogen and oxygen atoms in total. The van der Waals surface area contributed by atoms with Crippen LogP contribution in [0.15, 0.2) is 28.0 Å². The quantitative estimate of drug-likeness (QED) is 0.389. The van der Waals surface area contributed by atoms with E-state index < -0.39 is 0 Å². The molecule has 130 valence electrons. The molecule has 0 spiro atoms. The van der Waals surface area contributed by atoms with Gasteiger partial charge in [0.25, 0.3) is 5.56 Å². The molecule has 0 aliphatic rings. The molecule has 0 aliphatic heterocycles. The smallest absolute Gasteiger partial charge is 0.250 e. The standard InChI is InChI=1S/C17H30N4O2/c1-4-23-14-8-12-20-17(18-3)19-11-5-6-13-21-15(2)9-7-10-16(21)22/h7,9-10H,4-6,8,11-14H2,1-3H3,(H2,18,19,20). The van der Waals surface area contributed by atoms with Crippen molar-refractivity contribution in [1.29, 1.82) is 0 Å². The van der Waals surface area contributed by atoms with Crippen LogP contribution in [-0.4, -0.2) is 43.9 Å². The van der Waals surface area contributed by atoms with Crippen molar-refractivity contribution >= 4 is 5.96 Å². The van der Waals surface area contributed by atoms with Crippen LogP contribution in [0.2, 0.25) is 0 Å². The summed E-state index contributed by atoms with van der Waals surface area (Å²) in [5.41, 5.74) is 1.09. The summed E-state index contributed by atoms with van der Waals surface area (Å²) < 4.78 is 7.12. The molecule has 0 saturated carbocycles. The van der Waals surface area contributed by atoms with Gasteiger partial charge < -0.3 is 19.9 Å². The number of ether oxygens (including phenoxy) is 1. The molecule has 0 saturated heterocycles. The molecule has 0 atom stereocenters. The van der Waals surface area contributed by atoms with Crippen LogP contribution in [0.3, 0.4) is 0 Å². The number of hydrogen-bond acceptors (Lipinski definition) is 3. The van der Waals surface area contributed by atoms with E-state index in [-0.39, 0.29) is 5.56 Å². The van der Waals surface area contributed by atoms with Crippen molar-refractivity contribution in [1.82, 2.24) is 15.2 Å². The average Bonchev–Trinajstić information content (AvgIpc) is 2.54. The summed E-state index contributed by atoms with van der Waals surface area (Å²) in [5.74, 6) is 0.814. The third-order valence-electron chi connectivity index (χ3n) is 3.55. The highest BCUT2D eigenvalue weighted by atomic mass is 16.5. The molecule has 1 heterocycles. The van der Waals surface area contributed by atoms with Gasteiger partial charge in [0.05, 0.1) is 0 Å². The Morgan fingerprint density at radius 2 is 1.96 bits per heavy atom. The first-order chi connectivity index (χ1) is 11.2. The first-order valence-corrected chi connectivity index (χ1v) is 8.37. The van der Waals surface area contributed by atoms with Crippen molar-refractivity contribution in [2.45, 2.75) is 39.7 Å². The molecule has 1 aromatic rings. The van der Waals surface area contributed by atoms with Crippen molar-refractivity contribution in [3.63, 3.8) is 0 Å². The molecule has 23 heavy (non-hydrogen) atoms. The Kier molecular flexibility index (Phi) is 9.79. The summed E-state index contributed by atoms with van der Waals surface area (Å²) in [4.78, 5) is 15.9. The van der Waals surface area contributed by atoms with Gasteiger partial charge in [0.15, 0.2) is 5.96 Å². The molecule has 0 radical (unpaired) electrons. The summed E-state index contributed by atoms with van der Waals surface area (Å²) in [6, 6.07) is 5.38. The molecule has 0 unspecified atom stereocenters. The number of guanidine groups is 1. The van der Waals surface area contributed by atoms with Crippen LogP contribution < -0.4 is 16.2 Å². The number of hydrogen-bond donors (Lipinski definition) is 2. The van der Waals surface area contributed by atoms with Gasteiger partial charge >= 0.3 is 0 Å². The third-order valence-corrected chi connectivity index (χ3v) is 3.55. The number of unbranched alkanes of at least 4 members (excludes halogenated alkanes) is 1. The minimum atomic E-state index is 0.0738. The highest BCUT2D eigenvalue weighted by molar-refractivity contribution is 5.79. The highest BCUT2D eigenvalue weighted by Gasteiger charge is 2.00. The minimum absolute atomic E-state index is 0.0738. The molecule has 2 N–H and O–H groups in total. The largest absolute Gasteiger partial charge is 0.382 e. The lowest BCUT2D eigenvalue weighted by molar-refractivity contribution is 0.145. The molecule has 0 bridgehead atoms. The van der Waals surface area contributed by atoms with E-state index in [1.807, 2.05) is 24.5 Å². The molecule has 0 fully saturated rings. The van der Waals surface area contributed by atoms with Crippen LogP contribution >= 0.6 is 0 Å². The Morgan fingerprint density at radius 1 is 1.22 bits per heavy atom. The van der Waals surface area contributed by atoms with Gasteiger partial charge in [0.2, 0.25) is 0 Å². The van der Waals surface area contributed by atoms with Crippen molar-refractivity contribution < 1.29 is 4.74 Å². The van der Waals surface area contributed by atoms with E-state index in [1.54, 1.807) is 19.2 Å². The van der Waals surface area contributed by atoms with Gasteiger partial charge in [-0.2, -0.15) is 0 Å². The zero-order valence-electron chi connectivity index (χ0n) is 14.6. The predicted octanol–water partition coefficient (Wildman–Crippen LogP) is 1.53. The molecule has 0 amide bonds. The molecule has 6 heteroatoms. The summed E-state index contributed by atoms with van der Waals surface area (Å²) in [7, 11) is 1.77. The lowest BCUT2D eigenvalue weighted by atomic mass is 10.3. The molecular formula is C17H30N4O2. The van der Waals surface area contributed by atoms with E-state index in [4.69, 9.17) is 4.74 Å². The summed E-state index contributed by atoms with van der Waals surface area (Å²) in [6.45, 7) is 7.94. The maximum absolute atomic E-state index is 11.8. The fourth-order valence-corrected chi connectivity index (χ4v) is 2.26. The average molecular weight is 322 g/mol. The second-order valence-electron chi connectivity index (χ2n) is 5.34. The van der Waals surface area contributed by atoms with E-state index in [0.717, 1.165) is 63.8 Å². The Balaban J connectivity index is 2.17. The van der Waals surface area contributed by atoms with Crippen molar-refractivity contribution in [2.24, 2.45) is 4.99 Å². The minimum Gasteiger partial charge on any atom is -0.382 e. The van der Waals surface area contributed by atoms with Gasteiger partial charge in [-0.25, -0.2) is 0 Å². The van der Waals surface area contributed by atoms with Gasteiger partial charge in [0, 0.05) is 51.7 Å². The van der Waals surface area contributed by atoms with Crippen molar-refractivity contribution in [3.05, 3.63) is 34.2 Å². The normalized spacial score (nSPS) is 11.5. The SMILES string of the molecule is CCOCCCNC(=NC)NCCCCn1c(C)cccc1=O. The molecular weight excluding hydrogens is 292 g/mol. The van der Waals surface area contributed by atoms with Crippen molar-refractivity contribution in [2.75, 3.05) is 33.4 Å². The number of rotatable bonds is 10. The predicted molar refractivity (Wildman–Crippen MR) is 95.1 cm³/mol. The van der Waals surface area contributed by atoms with E-state index in [0.29, 0.717) is 0 Å². The second-order valence-corrected chi connectivity index (χ2v) is 5.34. The van der Waals surface area contributed by atoms with Crippen molar-refractivity contribution in [3.8, 4) is 0 Å². The van der Waals surface area contributed by atoms with Gasteiger partial charge in [-0.05, 0) is 39.2 Å². The number of pyridine rings is 1. The topological polar surface area (TPSA) is 67.7 Å². The highest BCUT2D eigenvalue weighted by Crippen LogP contribution is 1.97. The monoisotopic (exact) mass is 322 g/mol. The van der Waals surface area contributed by atoms with E-state index in [9.17, 15) is 4.79 Å². The molecule has 0 aliphatic carbocycles. The van der Waals surface area contributed by atoms with Crippen LogP contribution in [0, 0.1) is 6.92 Å². The maximum atomic E-state index is 11.8. The van der Waals surface area contributed by atoms with E-state index >= 15 is 0 Å². The fraction of sp³-hybridized carbons (Fsp3) is 0.647. The summed E-state index contributed by atoms with van der Waals surface area (Å²) in [6.07, 6.45) is 2.91. The van der Waals surface area contributed by atoms with E-state index in [1.165, 1.54) is 0 Å². The summed E-state index contributed by atoms with van der Waals surface area (Å²) >= 11 is 0. The summed E-state index contributed by atoms with van der Waals surface area (Å²) in [5, 5.41) is 6.55. The van der Waals surface area contributed by atoms with Gasteiger partial charge in [0.1, 0.15) is 0 Å². The van der Waals surface area contributed by atoms with Crippen LogP contribution in [0.5, 0.6) is 0 Å². The molecule has 0 aromatic carbocycles. The fourth-order valence-electron chi connectivity index (χ4n) is 2.26. The molecule has 1 aromatic heterocycles. The van der Waals surface area contributed by atoms with Crippen LogP contribution in [0.4, 0.5) is 0 Å². The van der Waals surface area contributed by atoms with Crippen LogP contribution in [-0.2, 0) is 11.3 Å². The Bertz CT molecular complexity index is 526. The van der Waals surface area contributed by atoms with Crippen LogP contribution in [0.25, 0.3) is 0 Å². The zero-order valence-corrected chi connectivity index (χ0v) is 14.6. The lowest BCUT2D eigenvalue weighted by Crippen LogP contribution is -2.38. The Morgan fingerprint density at radius 3 is 2.61 bits per heavy atom. The second kappa shape index (κ2) is 11.7. The number of aryl methyl sites for hydroxylation is 1. The van der Waals surface area contributed by atoms with E-state index in [2.05, 4.69) is 15.6 Å². The van der Waals surface area contributed by atoms with Gasteiger partial charge in [-0.3, -0.25) is 9.79 Å². The number of nitrogens with zero attached hydrogens (tertiary/aromatic N) is 2. The maximum Gasteiger partial charge on any atom is 0.250 e. The third kappa shape index (κ3) is 7.83. The first kappa shape index (κ1) is 19.2. The number of aromatic nitrogens is 1. The Labute approximate surface area is 139 Å². The Hall–Kier alpha value is -1.82. The van der Waals surface area contributed by atoms with Gasteiger partial charge in [-0.1, -0.05) is 6.07 Å². The van der Waals surface area contributed by atoms with Gasteiger partial charge in [-0.15, -0.1) is 0 Å². The molecule has 1 rings (SSSR count). The zero-order chi connectivity index (χ0) is 16.9. The number of nitrogens with one attached hydrogen (secondary N) is 2. The first-order valence-electron chi connectivity index (χ1n) is 8.37. The number of aliphatic imine (C=N–C) groups is 1.